The van der Waals surface area contributed by atoms with Crippen molar-refractivity contribution in [3.63, 3.8) is 0 Å². The molecule has 2 aromatic rings. The number of aryl methyl sites for hydroxylation is 1. The van der Waals surface area contributed by atoms with E-state index in [2.05, 4.69) is 20.3 Å². The summed E-state index contributed by atoms with van der Waals surface area (Å²) in [7, 11) is 1.70. The molecular formula is C16H21N5O. The van der Waals surface area contributed by atoms with E-state index in [0.717, 1.165) is 42.9 Å². The lowest BCUT2D eigenvalue weighted by atomic mass is 9.95. The summed E-state index contributed by atoms with van der Waals surface area (Å²) in [5.74, 6) is 0.266. The third-order valence-electron chi connectivity index (χ3n) is 4.19. The first-order valence-corrected chi connectivity index (χ1v) is 7.61. The second-order valence-electron chi connectivity index (χ2n) is 5.70. The number of nitrogens with zero attached hydrogens (tertiary/aromatic N) is 4. The number of nitrogens with one attached hydrogen (secondary N) is 1. The number of piperidine rings is 1. The van der Waals surface area contributed by atoms with E-state index in [9.17, 15) is 4.79 Å². The fraction of sp³-hybridized carbons (Fsp3) is 0.438. The Morgan fingerprint density at radius 2 is 2.05 bits per heavy atom. The van der Waals surface area contributed by atoms with Crippen molar-refractivity contribution in [3.8, 4) is 5.69 Å². The monoisotopic (exact) mass is 299 g/mol. The molecule has 1 fully saturated rings. The molecular weight excluding hydrogens is 278 g/mol. The minimum absolute atomic E-state index is 0.119. The molecule has 0 unspecified atom stereocenters. The Hall–Kier alpha value is -2.37. The van der Waals surface area contributed by atoms with Crippen LogP contribution >= 0.6 is 0 Å². The second kappa shape index (κ2) is 6.17. The van der Waals surface area contributed by atoms with Gasteiger partial charge in [0.15, 0.2) is 0 Å². The number of amides is 1. The molecule has 3 heterocycles. The van der Waals surface area contributed by atoms with Gasteiger partial charge < -0.3 is 10.2 Å². The van der Waals surface area contributed by atoms with E-state index in [1.165, 1.54) is 0 Å². The SMILES string of the molecule is CNC(=O)C1CCN(c2cnccc2-n2cc(C)cn2)CC1. The first-order valence-electron chi connectivity index (χ1n) is 7.61. The molecule has 3 rings (SSSR count). The van der Waals surface area contributed by atoms with Crippen molar-refractivity contribution in [3.05, 3.63) is 36.4 Å². The Bertz CT molecular complexity index is 658. The summed E-state index contributed by atoms with van der Waals surface area (Å²) < 4.78 is 1.89. The lowest BCUT2D eigenvalue weighted by Gasteiger charge is -2.33. The number of anilines is 1. The second-order valence-corrected chi connectivity index (χ2v) is 5.70. The highest BCUT2D eigenvalue weighted by molar-refractivity contribution is 5.78. The summed E-state index contributed by atoms with van der Waals surface area (Å²) in [6.07, 6.45) is 9.26. The zero-order valence-electron chi connectivity index (χ0n) is 13.0. The summed E-state index contributed by atoms with van der Waals surface area (Å²) in [4.78, 5) is 18.3. The molecule has 1 aliphatic rings. The van der Waals surface area contributed by atoms with Crippen LogP contribution in [0.1, 0.15) is 18.4 Å². The van der Waals surface area contributed by atoms with Crippen LogP contribution in [0.4, 0.5) is 5.69 Å². The fourth-order valence-corrected chi connectivity index (χ4v) is 2.95. The van der Waals surface area contributed by atoms with Crippen LogP contribution in [0.2, 0.25) is 0 Å². The summed E-state index contributed by atoms with van der Waals surface area (Å²) in [5.41, 5.74) is 3.23. The highest BCUT2D eigenvalue weighted by Crippen LogP contribution is 2.28. The lowest BCUT2D eigenvalue weighted by molar-refractivity contribution is -0.125. The van der Waals surface area contributed by atoms with Gasteiger partial charge in [0.2, 0.25) is 5.91 Å². The Morgan fingerprint density at radius 3 is 2.68 bits per heavy atom. The quantitative estimate of drug-likeness (QED) is 0.934. The van der Waals surface area contributed by atoms with Crippen molar-refractivity contribution in [1.82, 2.24) is 20.1 Å². The number of rotatable bonds is 3. The third kappa shape index (κ3) is 2.81. The molecule has 0 radical (unpaired) electrons. The molecule has 6 nitrogen and oxygen atoms in total. The normalized spacial score (nSPS) is 15.8. The van der Waals surface area contributed by atoms with Crippen molar-refractivity contribution >= 4 is 11.6 Å². The van der Waals surface area contributed by atoms with Crippen LogP contribution in [-0.2, 0) is 4.79 Å². The number of carbonyl (C=O) groups excluding carboxylic acids is 1. The molecule has 0 aliphatic carbocycles. The van der Waals surface area contributed by atoms with Crippen molar-refractivity contribution < 1.29 is 4.79 Å². The van der Waals surface area contributed by atoms with E-state index in [1.807, 2.05) is 36.3 Å². The van der Waals surface area contributed by atoms with Gasteiger partial charge in [0.25, 0.3) is 0 Å². The Kier molecular flexibility index (Phi) is 4.09. The van der Waals surface area contributed by atoms with E-state index in [4.69, 9.17) is 0 Å². The lowest BCUT2D eigenvalue weighted by Crippen LogP contribution is -2.40. The molecule has 1 saturated heterocycles. The van der Waals surface area contributed by atoms with Gasteiger partial charge in [-0.05, 0) is 31.4 Å². The molecule has 0 atom stereocenters. The first-order chi connectivity index (χ1) is 10.7. The Morgan fingerprint density at radius 1 is 1.27 bits per heavy atom. The number of aromatic nitrogens is 3. The van der Waals surface area contributed by atoms with E-state index >= 15 is 0 Å². The van der Waals surface area contributed by atoms with Crippen LogP contribution in [-0.4, -0.2) is 40.8 Å². The van der Waals surface area contributed by atoms with Gasteiger partial charge in [0.1, 0.15) is 0 Å². The highest BCUT2D eigenvalue weighted by Gasteiger charge is 2.25. The van der Waals surface area contributed by atoms with Crippen LogP contribution in [0.15, 0.2) is 30.9 Å². The smallest absolute Gasteiger partial charge is 0.222 e. The molecule has 0 spiro atoms. The molecule has 6 heteroatoms. The topological polar surface area (TPSA) is 63.1 Å². The van der Waals surface area contributed by atoms with E-state index in [1.54, 1.807) is 13.2 Å². The predicted octanol–water partition coefficient (Wildman–Crippen LogP) is 1.54. The Labute approximate surface area is 130 Å². The molecule has 2 aromatic heterocycles. The van der Waals surface area contributed by atoms with Gasteiger partial charge in [-0.25, -0.2) is 4.68 Å². The largest absolute Gasteiger partial charge is 0.368 e. The van der Waals surface area contributed by atoms with E-state index in [-0.39, 0.29) is 11.8 Å². The molecule has 22 heavy (non-hydrogen) atoms. The van der Waals surface area contributed by atoms with Gasteiger partial charge in [-0.15, -0.1) is 0 Å². The van der Waals surface area contributed by atoms with Crippen LogP contribution in [0.3, 0.4) is 0 Å². The molecule has 1 amide bonds. The third-order valence-corrected chi connectivity index (χ3v) is 4.19. The van der Waals surface area contributed by atoms with Gasteiger partial charge in [-0.3, -0.25) is 9.78 Å². The average Bonchev–Trinajstić information content (AvgIpc) is 3.00. The number of hydrogen-bond donors (Lipinski definition) is 1. The van der Waals surface area contributed by atoms with Crippen LogP contribution in [0, 0.1) is 12.8 Å². The average molecular weight is 299 g/mol. The van der Waals surface area contributed by atoms with Crippen molar-refractivity contribution in [1.29, 1.82) is 0 Å². The zero-order chi connectivity index (χ0) is 15.5. The van der Waals surface area contributed by atoms with Gasteiger partial charge in [0.05, 0.1) is 23.8 Å². The van der Waals surface area contributed by atoms with Crippen molar-refractivity contribution in [2.24, 2.45) is 5.92 Å². The Balaban J connectivity index is 1.80. The van der Waals surface area contributed by atoms with Crippen LogP contribution in [0.5, 0.6) is 0 Å². The van der Waals surface area contributed by atoms with Crippen LogP contribution < -0.4 is 10.2 Å². The minimum Gasteiger partial charge on any atom is -0.368 e. The summed E-state index contributed by atoms with van der Waals surface area (Å²) in [6, 6.07) is 1.98. The highest BCUT2D eigenvalue weighted by atomic mass is 16.1. The standard InChI is InChI=1S/C16H21N5O/c1-12-9-19-21(11-12)14-3-6-18-10-15(14)20-7-4-13(5-8-20)16(22)17-2/h3,6,9-11,13H,4-5,7-8H2,1-2H3,(H,17,22). The molecule has 1 N–H and O–H groups in total. The van der Waals surface area contributed by atoms with Crippen LogP contribution in [0.25, 0.3) is 5.69 Å². The van der Waals surface area contributed by atoms with Gasteiger partial charge >= 0.3 is 0 Å². The summed E-state index contributed by atoms with van der Waals surface area (Å²) in [5, 5.41) is 7.14. The molecule has 0 bridgehead atoms. The minimum atomic E-state index is 0.119. The van der Waals surface area contributed by atoms with Crippen molar-refractivity contribution in [2.45, 2.75) is 19.8 Å². The number of carbonyl (C=O) groups is 1. The fourth-order valence-electron chi connectivity index (χ4n) is 2.95. The summed E-state index contributed by atoms with van der Waals surface area (Å²) in [6.45, 7) is 3.74. The van der Waals surface area contributed by atoms with Crippen molar-refractivity contribution in [2.75, 3.05) is 25.0 Å². The molecule has 116 valence electrons. The summed E-state index contributed by atoms with van der Waals surface area (Å²) >= 11 is 0. The molecule has 1 aliphatic heterocycles. The van der Waals surface area contributed by atoms with Gasteiger partial charge in [-0.1, -0.05) is 0 Å². The molecule has 0 aromatic carbocycles. The molecule has 0 saturated carbocycles. The van der Waals surface area contributed by atoms with E-state index < -0.39 is 0 Å². The van der Waals surface area contributed by atoms with E-state index in [0.29, 0.717) is 0 Å². The van der Waals surface area contributed by atoms with Gasteiger partial charge in [0, 0.05) is 38.4 Å². The predicted molar refractivity (Wildman–Crippen MR) is 85.1 cm³/mol. The maximum atomic E-state index is 11.7. The maximum Gasteiger partial charge on any atom is 0.222 e. The number of pyridine rings is 1. The maximum absolute atomic E-state index is 11.7. The first kappa shape index (κ1) is 14.6. The number of hydrogen-bond acceptors (Lipinski definition) is 4. The van der Waals surface area contributed by atoms with Gasteiger partial charge in [-0.2, -0.15) is 5.10 Å². The zero-order valence-corrected chi connectivity index (χ0v) is 13.0.